The summed E-state index contributed by atoms with van der Waals surface area (Å²) in [5.41, 5.74) is 2.69. The molecule has 0 atom stereocenters. The molecule has 0 heterocycles. The van der Waals surface area contributed by atoms with Crippen molar-refractivity contribution in [2.24, 2.45) is 0 Å². The van der Waals surface area contributed by atoms with E-state index in [0.29, 0.717) is 0 Å². The second-order valence-electron chi connectivity index (χ2n) is 4.43. The molecular weight excluding hydrogens is 218 g/mol. The first kappa shape index (κ1) is 12.6. The summed E-state index contributed by atoms with van der Waals surface area (Å²) in [6.07, 6.45) is 1.96. The molecule has 0 aromatic heterocycles. The fourth-order valence-corrected chi connectivity index (χ4v) is 2.05. The standard InChI is InChI=1S/C17H19N/c1-2-13-18(14-16-9-5-3-6-10-16)15-17-11-7-4-8-12-17/h2-12H,1,13-15H2. The Morgan fingerprint density at radius 2 is 1.22 bits per heavy atom. The summed E-state index contributed by atoms with van der Waals surface area (Å²) in [7, 11) is 0. The van der Waals surface area contributed by atoms with Crippen molar-refractivity contribution in [3.63, 3.8) is 0 Å². The van der Waals surface area contributed by atoms with Crippen LogP contribution in [0.3, 0.4) is 0 Å². The summed E-state index contributed by atoms with van der Waals surface area (Å²) >= 11 is 0. The molecule has 0 amide bonds. The normalized spacial score (nSPS) is 10.5. The highest BCUT2D eigenvalue weighted by atomic mass is 15.1. The summed E-state index contributed by atoms with van der Waals surface area (Å²) in [6, 6.07) is 21.1. The molecule has 0 aliphatic rings. The monoisotopic (exact) mass is 237 g/mol. The van der Waals surface area contributed by atoms with Crippen molar-refractivity contribution in [2.75, 3.05) is 6.54 Å². The number of nitrogens with zero attached hydrogens (tertiary/aromatic N) is 1. The van der Waals surface area contributed by atoms with Crippen LogP contribution in [0.15, 0.2) is 73.3 Å². The van der Waals surface area contributed by atoms with Crippen LogP contribution >= 0.6 is 0 Å². The van der Waals surface area contributed by atoms with Crippen molar-refractivity contribution in [2.45, 2.75) is 13.1 Å². The molecule has 92 valence electrons. The Bertz CT molecular complexity index is 420. The minimum absolute atomic E-state index is 0.907. The fraction of sp³-hybridized carbons (Fsp3) is 0.176. The Kier molecular flexibility index (Phi) is 4.74. The van der Waals surface area contributed by atoms with Gasteiger partial charge in [0.15, 0.2) is 0 Å². The van der Waals surface area contributed by atoms with E-state index in [9.17, 15) is 0 Å². The molecule has 0 bridgehead atoms. The van der Waals surface area contributed by atoms with Gasteiger partial charge in [-0.1, -0.05) is 66.7 Å². The first-order chi connectivity index (χ1) is 8.88. The van der Waals surface area contributed by atoms with Gasteiger partial charge in [0.2, 0.25) is 0 Å². The maximum Gasteiger partial charge on any atom is 0.0240 e. The van der Waals surface area contributed by atoms with E-state index in [4.69, 9.17) is 0 Å². The molecule has 0 spiro atoms. The predicted octanol–water partition coefficient (Wildman–Crippen LogP) is 3.87. The van der Waals surface area contributed by atoms with Crippen molar-refractivity contribution in [1.29, 1.82) is 0 Å². The molecule has 0 aliphatic carbocycles. The van der Waals surface area contributed by atoms with Gasteiger partial charge in [-0.2, -0.15) is 0 Å². The van der Waals surface area contributed by atoms with Gasteiger partial charge in [0, 0.05) is 19.6 Å². The van der Waals surface area contributed by atoms with Crippen molar-refractivity contribution in [1.82, 2.24) is 4.90 Å². The molecule has 2 rings (SSSR count). The Morgan fingerprint density at radius 1 is 0.778 bits per heavy atom. The summed E-state index contributed by atoms with van der Waals surface area (Å²) < 4.78 is 0. The molecule has 2 aromatic carbocycles. The molecule has 1 nitrogen and oxygen atoms in total. The van der Waals surface area contributed by atoms with Crippen LogP contribution in [0.4, 0.5) is 0 Å². The average molecular weight is 237 g/mol. The molecule has 0 unspecified atom stereocenters. The van der Waals surface area contributed by atoms with Crippen LogP contribution in [0.5, 0.6) is 0 Å². The SMILES string of the molecule is C=CCN(Cc1ccccc1)Cc1ccccc1. The lowest BCUT2D eigenvalue weighted by Gasteiger charge is -2.20. The number of benzene rings is 2. The lowest BCUT2D eigenvalue weighted by atomic mass is 10.1. The van der Waals surface area contributed by atoms with Crippen LogP contribution in [0.25, 0.3) is 0 Å². The minimum atomic E-state index is 0.907. The van der Waals surface area contributed by atoms with Gasteiger partial charge in [0.1, 0.15) is 0 Å². The first-order valence-corrected chi connectivity index (χ1v) is 6.29. The zero-order valence-corrected chi connectivity index (χ0v) is 10.6. The van der Waals surface area contributed by atoms with E-state index < -0.39 is 0 Å². The Morgan fingerprint density at radius 3 is 1.61 bits per heavy atom. The summed E-state index contributed by atoms with van der Waals surface area (Å²) in [6.45, 7) is 6.67. The zero-order chi connectivity index (χ0) is 12.6. The van der Waals surface area contributed by atoms with Crippen LogP contribution in [0.1, 0.15) is 11.1 Å². The van der Waals surface area contributed by atoms with Crippen LogP contribution in [0.2, 0.25) is 0 Å². The maximum absolute atomic E-state index is 3.84. The van der Waals surface area contributed by atoms with E-state index in [0.717, 1.165) is 19.6 Å². The Balaban J connectivity index is 2.02. The third-order valence-electron chi connectivity index (χ3n) is 2.89. The molecule has 18 heavy (non-hydrogen) atoms. The third-order valence-corrected chi connectivity index (χ3v) is 2.89. The number of hydrogen-bond acceptors (Lipinski definition) is 1. The quantitative estimate of drug-likeness (QED) is 0.689. The third kappa shape index (κ3) is 3.86. The number of rotatable bonds is 6. The Labute approximate surface area is 109 Å². The van der Waals surface area contributed by atoms with Crippen LogP contribution in [-0.4, -0.2) is 11.4 Å². The maximum atomic E-state index is 3.84. The average Bonchev–Trinajstić information content (AvgIpc) is 2.41. The van der Waals surface area contributed by atoms with Crippen molar-refractivity contribution in [3.05, 3.63) is 84.4 Å². The number of hydrogen-bond donors (Lipinski definition) is 0. The van der Waals surface area contributed by atoms with E-state index in [-0.39, 0.29) is 0 Å². The van der Waals surface area contributed by atoms with Gasteiger partial charge in [-0.05, 0) is 11.1 Å². The van der Waals surface area contributed by atoms with Gasteiger partial charge in [-0.25, -0.2) is 0 Å². The van der Waals surface area contributed by atoms with Crippen molar-refractivity contribution in [3.8, 4) is 0 Å². The van der Waals surface area contributed by atoms with E-state index in [2.05, 4.69) is 72.1 Å². The lowest BCUT2D eigenvalue weighted by Crippen LogP contribution is -2.22. The summed E-state index contributed by atoms with van der Waals surface area (Å²) in [4.78, 5) is 2.39. The fourth-order valence-electron chi connectivity index (χ4n) is 2.05. The molecule has 0 saturated carbocycles. The topological polar surface area (TPSA) is 3.24 Å². The van der Waals surface area contributed by atoms with Gasteiger partial charge in [-0.3, -0.25) is 4.90 Å². The van der Waals surface area contributed by atoms with E-state index in [1.54, 1.807) is 0 Å². The highest BCUT2D eigenvalue weighted by Crippen LogP contribution is 2.09. The minimum Gasteiger partial charge on any atom is -0.291 e. The highest BCUT2D eigenvalue weighted by molar-refractivity contribution is 5.17. The van der Waals surface area contributed by atoms with E-state index in [1.165, 1.54) is 11.1 Å². The van der Waals surface area contributed by atoms with E-state index in [1.807, 2.05) is 6.08 Å². The van der Waals surface area contributed by atoms with Gasteiger partial charge in [0.25, 0.3) is 0 Å². The van der Waals surface area contributed by atoms with Crippen molar-refractivity contribution >= 4 is 0 Å². The predicted molar refractivity (Wildman–Crippen MR) is 77.2 cm³/mol. The van der Waals surface area contributed by atoms with Crippen LogP contribution in [0, 0.1) is 0 Å². The molecule has 0 fully saturated rings. The lowest BCUT2D eigenvalue weighted by molar-refractivity contribution is 0.286. The molecular formula is C17H19N. The smallest absolute Gasteiger partial charge is 0.0240 e. The van der Waals surface area contributed by atoms with E-state index >= 15 is 0 Å². The molecule has 1 heteroatoms. The van der Waals surface area contributed by atoms with Gasteiger partial charge in [0.05, 0.1) is 0 Å². The summed E-state index contributed by atoms with van der Waals surface area (Å²) in [5, 5.41) is 0. The first-order valence-electron chi connectivity index (χ1n) is 6.29. The Hall–Kier alpha value is -1.86. The van der Waals surface area contributed by atoms with Gasteiger partial charge in [-0.15, -0.1) is 6.58 Å². The van der Waals surface area contributed by atoms with Gasteiger partial charge < -0.3 is 0 Å². The summed E-state index contributed by atoms with van der Waals surface area (Å²) in [5.74, 6) is 0. The molecule has 0 saturated heterocycles. The molecule has 2 aromatic rings. The largest absolute Gasteiger partial charge is 0.291 e. The molecule has 0 N–H and O–H groups in total. The highest BCUT2D eigenvalue weighted by Gasteiger charge is 2.04. The molecule has 0 radical (unpaired) electrons. The molecule has 0 aliphatic heterocycles. The van der Waals surface area contributed by atoms with Gasteiger partial charge >= 0.3 is 0 Å². The van der Waals surface area contributed by atoms with Crippen LogP contribution < -0.4 is 0 Å². The second kappa shape index (κ2) is 6.77. The zero-order valence-electron chi connectivity index (χ0n) is 10.6. The van der Waals surface area contributed by atoms with Crippen molar-refractivity contribution < 1.29 is 0 Å². The second-order valence-corrected chi connectivity index (χ2v) is 4.43. The van der Waals surface area contributed by atoms with Crippen LogP contribution in [-0.2, 0) is 13.1 Å².